The van der Waals surface area contributed by atoms with Crippen molar-refractivity contribution in [1.82, 2.24) is 19.7 Å². The van der Waals surface area contributed by atoms with E-state index >= 15 is 0 Å². The number of non-ortho nitro benzene ring substituents is 1. The predicted octanol–water partition coefficient (Wildman–Crippen LogP) is 2.62. The molecule has 0 saturated heterocycles. The van der Waals surface area contributed by atoms with Gasteiger partial charge in [0, 0.05) is 23.9 Å². The summed E-state index contributed by atoms with van der Waals surface area (Å²) in [5.74, 6) is -1.15. The van der Waals surface area contributed by atoms with Gasteiger partial charge in [0.05, 0.1) is 27.9 Å². The first-order valence-electron chi connectivity index (χ1n) is 9.50. The van der Waals surface area contributed by atoms with Gasteiger partial charge >= 0.3 is 5.76 Å². The Bertz CT molecular complexity index is 1350. The fraction of sp³-hybridized carbons (Fsp3) is 0.190. The molecule has 1 N–H and O–H groups in total. The van der Waals surface area contributed by atoms with Crippen LogP contribution in [0.15, 0.2) is 57.7 Å². The highest BCUT2D eigenvalue weighted by molar-refractivity contribution is 5.80. The van der Waals surface area contributed by atoms with Gasteiger partial charge in [0.2, 0.25) is 5.91 Å². The summed E-state index contributed by atoms with van der Waals surface area (Å²) in [6.45, 7) is 3.78. The average Bonchev–Trinajstić information content (AvgIpc) is 3.22. The van der Waals surface area contributed by atoms with Crippen LogP contribution in [0.2, 0.25) is 0 Å². The Morgan fingerprint density at radius 3 is 2.65 bits per heavy atom. The average molecular weight is 421 g/mol. The second-order valence-corrected chi connectivity index (χ2v) is 7.04. The Balaban J connectivity index is 1.51. The van der Waals surface area contributed by atoms with Crippen LogP contribution in [0.1, 0.15) is 17.0 Å². The third-order valence-corrected chi connectivity index (χ3v) is 5.07. The van der Waals surface area contributed by atoms with Gasteiger partial charge in [0.25, 0.3) is 5.69 Å². The van der Waals surface area contributed by atoms with Crippen molar-refractivity contribution in [3.8, 4) is 5.69 Å². The number of carbonyl (C=O) groups excluding carboxylic acids is 1. The number of para-hydroxylation sites is 1. The van der Waals surface area contributed by atoms with Crippen LogP contribution in [0.4, 0.5) is 5.69 Å². The normalized spacial score (nSPS) is 11.0. The molecule has 2 aromatic carbocycles. The minimum absolute atomic E-state index is 0.0582. The Morgan fingerprint density at radius 2 is 1.94 bits per heavy atom. The smallest absolute Gasteiger partial charge is 0.407 e. The Morgan fingerprint density at radius 1 is 1.19 bits per heavy atom. The number of rotatable bonds is 6. The number of aromatic nitrogens is 3. The van der Waals surface area contributed by atoms with Crippen molar-refractivity contribution in [1.29, 1.82) is 0 Å². The number of nitro benzene ring substituents is 1. The molecule has 10 heteroatoms. The van der Waals surface area contributed by atoms with E-state index in [-0.39, 0.29) is 24.4 Å². The van der Waals surface area contributed by atoms with Crippen LogP contribution in [-0.4, -0.2) is 25.2 Å². The Hall–Kier alpha value is -4.21. The third-order valence-electron chi connectivity index (χ3n) is 5.07. The zero-order valence-corrected chi connectivity index (χ0v) is 16.9. The maximum absolute atomic E-state index is 12.5. The quantitative estimate of drug-likeness (QED) is 0.377. The second kappa shape index (κ2) is 7.90. The van der Waals surface area contributed by atoms with Crippen LogP contribution in [0.25, 0.3) is 16.8 Å². The maximum atomic E-state index is 12.5. The number of hydrogen-bond acceptors (Lipinski definition) is 6. The molecule has 1 amide bonds. The van der Waals surface area contributed by atoms with Crippen molar-refractivity contribution in [2.45, 2.75) is 26.9 Å². The molecule has 0 atom stereocenters. The first-order valence-corrected chi connectivity index (χ1v) is 9.50. The minimum atomic E-state index is -0.755. The first-order chi connectivity index (χ1) is 14.8. The summed E-state index contributed by atoms with van der Waals surface area (Å²) in [6.07, 6.45) is 0. The molecular formula is C21H19N5O5. The molecule has 0 saturated carbocycles. The van der Waals surface area contributed by atoms with E-state index in [9.17, 15) is 19.7 Å². The first kappa shape index (κ1) is 20.1. The third kappa shape index (κ3) is 3.82. The van der Waals surface area contributed by atoms with E-state index in [1.807, 2.05) is 48.9 Å². The van der Waals surface area contributed by atoms with Crippen LogP contribution in [0, 0.1) is 24.0 Å². The van der Waals surface area contributed by atoms with E-state index in [4.69, 9.17) is 4.42 Å². The summed E-state index contributed by atoms with van der Waals surface area (Å²) in [5.41, 5.74) is 3.68. The number of nitro groups is 1. The van der Waals surface area contributed by atoms with Crippen LogP contribution >= 0.6 is 0 Å². The molecular weight excluding hydrogens is 402 g/mol. The zero-order chi connectivity index (χ0) is 22.1. The number of nitrogens with one attached hydrogen (secondary N) is 1. The molecule has 0 aliphatic rings. The highest BCUT2D eigenvalue weighted by Gasteiger charge is 2.17. The topological polar surface area (TPSA) is 125 Å². The number of oxazole rings is 1. The Kier molecular flexibility index (Phi) is 5.12. The number of fused-ring (bicyclic) bond motifs is 1. The summed E-state index contributed by atoms with van der Waals surface area (Å²) < 4.78 is 8.01. The summed E-state index contributed by atoms with van der Waals surface area (Å²) in [7, 11) is 0. The van der Waals surface area contributed by atoms with Gasteiger partial charge in [-0.15, -0.1) is 0 Å². The Labute approximate surface area is 175 Å². The van der Waals surface area contributed by atoms with Crippen molar-refractivity contribution in [3.63, 3.8) is 0 Å². The van der Waals surface area contributed by atoms with Gasteiger partial charge in [0.1, 0.15) is 6.54 Å². The lowest BCUT2D eigenvalue weighted by molar-refractivity contribution is -0.384. The molecule has 0 bridgehead atoms. The van der Waals surface area contributed by atoms with Crippen LogP contribution < -0.4 is 11.1 Å². The van der Waals surface area contributed by atoms with Gasteiger partial charge in [-0.2, -0.15) is 5.10 Å². The molecule has 0 fully saturated rings. The van der Waals surface area contributed by atoms with Crippen molar-refractivity contribution >= 4 is 22.7 Å². The van der Waals surface area contributed by atoms with Gasteiger partial charge in [-0.25, -0.2) is 9.48 Å². The molecule has 0 radical (unpaired) electrons. The van der Waals surface area contributed by atoms with Crippen LogP contribution in [0.5, 0.6) is 0 Å². The number of carbonyl (C=O) groups is 1. The van der Waals surface area contributed by atoms with Gasteiger partial charge in [-0.05, 0) is 32.0 Å². The molecule has 0 spiro atoms. The predicted molar refractivity (Wildman–Crippen MR) is 112 cm³/mol. The highest BCUT2D eigenvalue weighted by Crippen LogP contribution is 2.20. The van der Waals surface area contributed by atoms with Crippen LogP contribution in [0.3, 0.4) is 0 Å². The van der Waals surface area contributed by atoms with Gasteiger partial charge < -0.3 is 9.73 Å². The minimum Gasteiger partial charge on any atom is -0.407 e. The molecule has 0 aliphatic heterocycles. The van der Waals surface area contributed by atoms with E-state index in [0.717, 1.165) is 33.3 Å². The molecule has 2 aromatic heterocycles. The molecule has 4 aromatic rings. The molecule has 31 heavy (non-hydrogen) atoms. The van der Waals surface area contributed by atoms with E-state index in [2.05, 4.69) is 10.4 Å². The summed E-state index contributed by atoms with van der Waals surface area (Å²) >= 11 is 0. The summed E-state index contributed by atoms with van der Waals surface area (Å²) in [6, 6.07) is 13.5. The van der Waals surface area contributed by atoms with Gasteiger partial charge in [-0.3, -0.25) is 19.5 Å². The lowest BCUT2D eigenvalue weighted by Crippen LogP contribution is -2.30. The van der Waals surface area contributed by atoms with Gasteiger partial charge in [-0.1, -0.05) is 18.2 Å². The standard InChI is InChI=1S/C21H19N5O5/c1-13-17(14(2)25(23-13)15-6-4-3-5-7-15)11-22-20(27)12-24-18-9-8-16(26(29)30)10-19(18)31-21(24)28/h3-10H,11-12H2,1-2H3,(H,22,27). The second-order valence-electron chi connectivity index (χ2n) is 7.04. The van der Waals surface area contributed by atoms with Crippen molar-refractivity contribution in [2.24, 2.45) is 0 Å². The molecule has 2 heterocycles. The van der Waals surface area contributed by atoms with Crippen molar-refractivity contribution in [3.05, 3.63) is 86.1 Å². The monoisotopic (exact) mass is 421 g/mol. The highest BCUT2D eigenvalue weighted by atomic mass is 16.6. The molecule has 0 aliphatic carbocycles. The number of aryl methyl sites for hydroxylation is 1. The summed E-state index contributed by atoms with van der Waals surface area (Å²) in [4.78, 5) is 34.9. The molecule has 4 rings (SSSR count). The molecule has 158 valence electrons. The van der Waals surface area contributed by atoms with Crippen molar-refractivity contribution in [2.75, 3.05) is 0 Å². The fourth-order valence-electron chi connectivity index (χ4n) is 3.46. The van der Waals surface area contributed by atoms with E-state index in [1.165, 1.54) is 12.1 Å². The number of hydrogen-bond donors (Lipinski definition) is 1. The van der Waals surface area contributed by atoms with E-state index in [0.29, 0.717) is 5.52 Å². The lowest BCUT2D eigenvalue weighted by atomic mass is 10.2. The fourth-order valence-corrected chi connectivity index (χ4v) is 3.46. The molecule has 0 unspecified atom stereocenters. The largest absolute Gasteiger partial charge is 0.420 e. The SMILES string of the molecule is Cc1nn(-c2ccccc2)c(C)c1CNC(=O)Cn1c(=O)oc2cc([N+](=O)[O-])ccc21. The molecule has 10 nitrogen and oxygen atoms in total. The van der Waals surface area contributed by atoms with Gasteiger partial charge in [0.15, 0.2) is 5.58 Å². The summed E-state index contributed by atoms with van der Waals surface area (Å²) in [5, 5.41) is 18.2. The van der Waals surface area contributed by atoms with E-state index in [1.54, 1.807) is 0 Å². The van der Waals surface area contributed by atoms with E-state index < -0.39 is 16.6 Å². The zero-order valence-electron chi connectivity index (χ0n) is 16.9. The van der Waals surface area contributed by atoms with Crippen LogP contribution in [-0.2, 0) is 17.9 Å². The lowest BCUT2D eigenvalue weighted by Gasteiger charge is -2.07. The number of nitrogens with zero attached hydrogens (tertiary/aromatic N) is 4. The van der Waals surface area contributed by atoms with Crippen molar-refractivity contribution < 1.29 is 14.1 Å². The maximum Gasteiger partial charge on any atom is 0.420 e. The number of benzene rings is 2. The number of amides is 1.